The van der Waals surface area contributed by atoms with Gasteiger partial charge in [0.15, 0.2) is 0 Å². The average Bonchev–Trinajstić information content (AvgIpc) is 2.74. The van der Waals surface area contributed by atoms with Gasteiger partial charge >= 0.3 is 0 Å². The standard InChI is InChI=1S/C20H20N4O4S/c25-24(26)18-7-2-8-19(14-18)29(27,28)23-12-10-22(11-13-23)15-17-5-1-4-16-6-3-9-21-20(16)17/h1-9,14H,10-13,15H2. The zero-order valence-corrected chi connectivity index (χ0v) is 16.5. The number of nitrogens with zero attached hydrogens (tertiary/aromatic N) is 4. The molecule has 0 amide bonds. The Bertz CT molecular complexity index is 1150. The molecular weight excluding hydrogens is 392 g/mol. The van der Waals surface area contributed by atoms with E-state index in [4.69, 9.17) is 0 Å². The number of aromatic nitrogens is 1. The maximum Gasteiger partial charge on any atom is 0.270 e. The minimum Gasteiger partial charge on any atom is -0.296 e. The molecular formula is C20H20N4O4S. The predicted molar refractivity (Wildman–Crippen MR) is 109 cm³/mol. The fourth-order valence-corrected chi connectivity index (χ4v) is 5.03. The Hall–Kier alpha value is -2.88. The molecule has 0 saturated carbocycles. The van der Waals surface area contributed by atoms with Crippen LogP contribution in [0.3, 0.4) is 0 Å². The molecule has 2 aromatic carbocycles. The normalized spacial score (nSPS) is 16.1. The van der Waals surface area contributed by atoms with Gasteiger partial charge in [-0.1, -0.05) is 30.3 Å². The second-order valence-corrected chi connectivity index (χ2v) is 8.86. The van der Waals surface area contributed by atoms with Crippen LogP contribution in [0, 0.1) is 10.1 Å². The van der Waals surface area contributed by atoms with Crippen molar-refractivity contribution in [1.82, 2.24) is 14.2 Å². The Labute approximate surface area is 168 Å². The molecule has 1 fully saturated rings. The Morgan fingerprint density at radius 1 is 1.00 bits per heavy atom. The van der Waals surface area contributed by atoms with Gasteiger partial charge in [-0.05, 0) is 17.7 Å². The van der Waals surface area contributed by atoms with Crippen LogP contribution >= 0.6 is 0 Å². The molecule has 2 heterocycles. The van der Waals surface area contributed by atoms with Crippen molar-refractivity contribution in [1.29, 1.82) is 0 Å². The summed E-state index contributed by atoms with van der Waals surface area (Å²) in [7, 11) is -3.76. The summed E-state index contributed by atoms with van der Waals surface area (Å²) in [4.78, 5) is 17.0. The minimum atomic E-state index is -3.76. The first-order chi connectivity index (χ1) is 13.9. The molecule has 8 nitrogen and oxygen atoms in total. The van der Waals surface area contributed by atoms with Crippen molar-refractivity contribution in [3.05, 3.63) is 76.5 Å². The highest BCUT2D eigenvalue weighted by Crippen LogP contribution is 2.23. The molecule has 1 saturated heterocycles. The van der Waals surface area contributed by atoms with Crippen LogP contribution < -0.4 is 0 Å². The van der Waals surface area contributed by atoms with Crippen LogP contribution in [0.1, 0.15) is 5.56 Å². The van der Waals surface area contributed by atoms with E-state index in [1.807, 2.05) is 30.3 Å². The van der Waals surface area contributed by atoms with Crippen LogP contribution in [0.4, 0.5) is 5.69 Å². The molecule has 9 heteroatoms. The van der Waals surface area contributed by atoms with E-state index in [0.717, 1.165) is 22.5 Å². The van der Waals surface area contributed by atoms with Gasteiger partial charge in [0.1, 0.15) is 0 Å². The number of piperazine rings is 1. The lowest BCUT2D eigenvalue weighted by Gasteiger charge is -2.34. The summed E-state index contributed by atoms with van der Waals surface area (Å²) in [6.45, 7) is 2.53. The van der Waals surface area contributed by atoms with Crippen LogP contribution in [0.15, 0.2) is 65.7 Å². The number of non-ortho nitro benzene ring substituents is 1. The second kappa shape index (κ2) is 7.86. The van der Waals surface area contributed by atoms with Crippen molar-refractivity contribution in [2.45, 2.75) is 11.4 Å². The number of para-hydroxylation sites is 1. The van der Waals surface area contributed by atoms with Crippen LogP contribution in [0.2, 0.25) is 0 Å². The highest BCUT2D eigenvalue weighted by molar-refractivity contribution is 7.89. The highest BCUT2D eigenvalue weighted by atomic mass is 32.2. The SMILES string of the molecule is O=[N+]([O-])c1cccc(S(=O)(=O)N2CCN(Cc3cccc4cccnc34)CC2)c1. The largest absolute Gasteiger partial charge is 0.296 e. The van der Waals surface area contributed by atoms with Gasteiger partial charge in [-0.2, -0.15) is 4.31 Å². The number of hydrogen-bond acceptors (Lipinski definition) is 6. The lowest BCUT2D eigenvalue weighted by Crippen LogP contribution is -2.48. The van der Waals surface area contributed by atoms with Gasteiger partial charge in [-0.3, -0.25) is 20.0 Å². The third kappa shape index (κ3) is 3.98. The van der Waals surface area contributed by atoms with Crippen molar-refractivity contribution in [2.24, 2.45) is 0 Å². The van der Waals surface area contributed by atoms with Gasteiger partial charge in [-0.25, -0.2) is 8.42 Å². The fraction of sp³-hybridized carbons (Fsp3) is 0.250. The minimum absolute atomic E-state index is 0.0431. The average molecular weight is 412 g/mol. The molecule has 0 N–H and O–H groups in total. The monoisotopic (exact) mass is 412 g/mol. The van der Waals surface area contributed by atoms with E-state index < -0.39 is 14.9 Å². The van der Waals surface area contributed by atoms with Crippen LogP contribution in [-0.4, -0.2) is 53.7 Å². The maximum absolute atomic E-state index is 12.9. The van der Waals surface area contributed by atoms with Gasteiger partial charge < -0.3 is 0 Å². The topological polar surface area (TPSA) is 96.6 Å². The van der Waals surface area contributed by atoms with Crippen molar-refractivity contribution >= 4 is 26.6 Å². The van der Waals surface area contributed by atoms with Crippen molar-refractivity contribution in [3.63, 3.8) is 0 Å². The molecule has 0 unspecified atom stereocenters. The van der Waals surface area contributed by atoms with Crippen LogP contribution in [0.25, 0.3) is 10.9 Å². The Kier molecular flexibility index (Phi) is 5.27. The van der Waals surface area contributed by atoms with Crippen LogP contribution in [0.5, 0.6) is 0 Å². The van der Waals surface area contributed by atoms with Gasteiger partial charge in [0.25, 0.3) is 5.69 Å². The van der Waals surface area contributed by atoms with Gasteiger partial charge in [0.2, 0.25) is 10.0 Å². The summed E-state index contributed by atoms with van der Waals surface area (Å²) in [6.07, 6.45) is 1.77. The van der Waals surface area contributed by atoms with Gasteiger partial charge in [-0.15, -0.1) is 0 Å². The lowest BCUT2D eigenvalue weighted by atomic mass is 10.1. The molecule has 1 aliphatic rings. The summed E-state index contributed by atoms with van der Waals surface area (Å²) < 4.78 is 27.1. The first-order valence-corrected chi connectivity index (χ1v) is 10.7. The second-order valence-electron chi connectivity index (χ2n) is 6.93. The third-order valence-electron chi connectivity index (χ3n) is 5.11. The zero-order valence-electron chi connectivity index (χ0n) is 15.6. The molecule has 0 atom stereocenters. The van der Waals surface area contributed by atoms with E-state index in [9.17, 15) is 18.5 Å². The number of nitro groups is 1. The van der Waals surface area contributed by atoms with E-state index in [1.54, 1.807) is 6.20 Å². The highest BCUT2D eigenvalue weighted by Gasteiger charge is 2.29. The number of hydrogen-bond donors (Lipinski definition) is 0. The van der Waals surface area contributed by atoms with Crippen molar-refractivity contribution in [3.8, 4) is 0 Å². The Balaban J connectivity index is 1.46. The maximum atomic E-state index is 12.9. The van der Waals surface area contributed by atoms with Gasteiger partial charge in [0, 0.05) is 56.4 Å². The predicted octanol–water partition coefficient (Wildman–Crippen LogP) is 2.65. The molecule has 0 radical (unpaired) electrons. The van der Waals surface area contributed by atoms with Crippen molar-refractivity contribution < 1.29 is 13.3 Å². The van der Waals surface area contributed by atoms with E-state index >= 15 is 0 Å². The summed E-state index contributed by atoms with van der Waals surface area (Å²) in [5, 5.41) is 12.0. The first kappa shape index (κ1) is 19.4. The number of rotatable bonds is 5. The lowest BCUT2D eigenvalue weighted by molar-refractivity contribution is -0.385. The molecule has 29 heavy (non-hydrogen) atoms. The van der Waals surface area contributed by atoms with E-state index in [0.29, 0.717) is 32.7 Å². The van der Waals surface area contributed by atoms with E-state index in [1.165, 1.54) is 22.5 Å². The Morgan fingerprint density at radius 2 is 1.72 bits per heavy atom. The first-order valence-electron chi connectivity index (χ1n) is 9.25. The van der Waals surface area contributed by atoms with Gasteiger partial charge in [0.05, 0.1) is 15.3 Å². The number of benzene rings is 2. The summed E-state index contributed by atoms with van der Waals surface area (Å²) in [5.74, 6) is 0. The number of sulfonamides is 1. The number of nitro benzene ring substituents is 1. The molecule has 3 aromatic rings. The quantitative estimate of drug-likeness (QED) is 0.472. The number of fused-ring (bicyclic) bond motifs is 1. The molecule has 1 aliphatic heterocycles. The number of pyridine rings is 1. The summed E-state index contributed by atoms with van der Waals surface area (Å²) >= 11 is 0. The van der Waals surface area contributed by atoms with Crippen LogP contribution in [-0.2, 0) is 16.6 Å². The Morgan fingerprint density at radius 3 is 2.48 bits per heavy atom. The summed E-state index contributed by atoms with van der Waals surface area (Å²) in [5.41, 5.74) is 1.84. The van der Waals surface area contributed by atoms with Crippen molar-refractivity contribution in [2.75, 3.05) is 26.2 Å². The summed E-state index contributed by atoms with van der Waals surface area (Å²) in [6, 6.07) is 15.2. The van der Waals surface area contributed by atoms with E-state index in [-0.39, 0.29) is 10.6 Å². The molecule has 150 valence electrons. The third-order valence-corrected chi connectivity index (χ3v) is 7.00. The molecule has 0 bridgehead atoms. The molecule has 4 rings (SSSR count). The van der Waals surface area contributed by atoms with E-state index in [2.05, 4.69) is 9.88 Å². The molecule has 0 spiro atoms. The molecule has 0 aliphatic carbocycles. The zero-order chi connectivity index (χ0) is 20.4. The molecule has 1 aromatic heterocycles. The fourth-order valence-electron chi connectivity index (χ4n) is 3.57. The smallest absolute Gasteiger partial charge is 0.270 e.